The maximum Gasteiger partial charge on any atom is 0.300 e. The average Bonchev–Trinajstić information content (AvgIpc) is 3.04. The minimum absolute atomic E-state index is 0.00802. The van der Waals surface area contributed by atoms with Crippen molar-refractivity contribution in [1.82, 2.24) is 0 Å². The Hall–Kier alpha value is -3.73. The second-order valence-electron chi connectivity index (χ2n) is 9.84. The highest BCUT2D eigenvalue weighted by molar-refractivity contribution is 6.51. The van der Waals surface area contributed by atoms with Gasteiger partial charge in [0.05, 0.1) is 11.6 Å². The molecule has 0 spiro atoms. The van der Waals surface area contributed by atoms with E-state index < -0.39 is 23.5 Å². The molecule has 1 aliphatic heterocycles. The molecule has 174 valence electrons. The number of aliphatic hydroxyl groups is 1. The molecule has 4 rings (SSSR count). The zero-order chi connectivity index (χ0) is 24.8. The number of aryl methyl sites for hydroxylation is 2. The van der Waals surface area contributed by atoms with Gasteiger partial charge in [0.25, 0.3) is 11.7 Å². The monoisotopic (exact) mass is 457 g/mol. The Morgan fingerprint density at radius 1 is 0.912 bits per heavy atom. The summed E-state index contributed by atoms with van der Waals surface area (Å²) in [5, 5.41) is 11.5. The van der Waals surface area contributed by atoms with Gasteiger partial charge in [0.15, 0.2) is 0 Å². The van der Waals surface area contributed by atoms with Crippen molar-refractivity contribution in [1.29, 1.82) is 0 Å². The van der Waals surface area contributed by atoms with E-state index in [-0.39, 0.29) is 16.7 Å². The van der Waals surface area contributed by atoms with Crippen LogP contribution in [0.5, 0.6) is 0 Å². The van der Waals surface area contributed by atoms with Crippen LogP contribution < -0.4 is 4.90 Å². The molecular weight excluding hydrogens is 429 g/mol. The quantitative estimate of drug-likeness (QED) is 0.283. The number of rotatable bonds is 3. The van der Waals surface area contributed by atoms with Gasteiger partial charge in [0, 0.05) is 11.3 Å². The lowest BCUT2D eigenvalue weighted by Gasteiger charge is -2.26. The number of anilines is 1. The van der Waals surface area contributed by atoms with Crippen LogP contribution in [0.1, 0.15) is 54.6 Å². The molecule has 3 aromatic rings. The van der Waals surface area contributed by atoms with Gasteiger partial charge >= 0.3 is 0 Å². The molecule has 3 aromatic carbocycles. The number of nitrogens with zero attached hydrogens (tertiary/aromatic N) is 1. The van der Waals surface area contributed by atoms with Crippen LogP contribution in [0.2, 0.25) is 0 Å². The third kappa shape index (κ3) is 4.14. The Morgan fingerprint density at radius 2 is 1.53 bits per heavy atom. The van der Waals surface area contributed by atoms with Gasteiger partial charge in [-0.25, -0.2) is 4.39 Å². The topological polar surface area (TPSA) is 57.6 Å². The lowest BCUT2D eigenvalue weighted by molar-refractivity contribution is -0.132. The zero-order valence-electron chi connectivity index (χ0n) is 20.0. The fraction of sp³-hybridized carbons (Fsp3) is 0.241. The summed E-state index contributed by atoms with van der Waals surface area (Å²) in [6.07, 6.45) is 0. The molecule has 1 fully saturated rings. The molecule has 5 heteroatoms. The molecular formula is C29H28FNO3. The summed E-state index contributed by atoms with van der Waals surface area (Å²) in [7, 11) is 0. The summed E-state index contributed by atoms with van der Waals surface area (Å²) >= 11 is 0. The molecule has 1 aliphatic rings. The van der Waals surface area contributed by atoms with E-state index in [9.17, 15) is 19.1 Å². The predicted octanol–water partition coefficient (Wildman–Crippen LogP) is 6.37. The fourth-order valence-corrected chi connectivity index (χ4v) is 4.25. The van der Waals surface area contributed by atoms with E-state index in [4.69, 9.17) is 0 Å². The first-order valence-corrected chi connectivity index (χ1v) is 11.2. The number of amides is 1. The van der Waals surface area contributed by atoms with Crippen LogP contribution in [0.15, 0.2) is 72.3 Å². The first-order valence-electron chi connectivity index (χ1n) is 11.2. The van der Waals surface area contributed by atoms with Gasteiger partial charge < -0.3 is 5.11 Å². The van der Waals surface area contributed by atoms with Crippen LogP contribution in [0, 0.1) is 19.7 Å². The number of ketones is 1. The lowest BCUT2D eigenvalue weighted by Crippen LogP contribution is -2.29. The Morgan fingerprint density at radius 3 is 2.12 bits per heavy atom. The molecule has 4 nitrogen and oxygen atoms in total. The number of benzene rings is 3. The van der Waals surface area contributed by atoms with E-state index in [1.54, 1.807) is 24.3 Å². The highest BCUT2D eigenvalue weighted by atomic mass is 19.1. The normalized spacial score (nSPS) is 17.9. The summed E-state index contributed by atoms with van der Waals surface area (Å²) in [5.74, 6) is -2.16. The summed E-state index contributed by atoms with van der Waals surface area (Å²) in [6, 6.07) is 17.8. The largest absolute Gasteiger partial charge is 0.507 e. The first-order chi connectivity index (χ1) is 16.0. The second kappa shape index (κ2) is 8.56. The summed E-state index contributed by atoms with van der Waals surface area (Å²) < 4.78 is 13.7. The number of hydrogen-bond acceptors (Lipinski definition) is 3. The molecule has 1 saturated heterocycles. The molecule has 0 radical (unpaired) electrons. The number of Topliss-reactive ketones (excluding diaryl/α,β-unsaturated/α-hetero) is 1. The second-order valence-corrected chi connectivity index (χ2v) is 9.84. The number of carbonyl (C=O) groups excluding carboxylic acids is 2. The highest BCUT2D eigenvalue weighted by Gasteiger charge is 2.47. The Kier molecular flexibility index (Phi) is 5.90. The number of hydrogen-bond donors (Lipinski definition) is 1. The standard InChI is InChI=1S/C29H28FNO3/c1-17-6-14-22(15-7-17)31-25(19-9-12-21(30)13-10-19)24(27(33)28(31)34)26(32)23-16-20(29(3,4)5)11-8-18(23)2/h6-16,25,32H,1-5H3/b26-24+. The van der Waals surface area contributed by atoms with Crippen LogP contribution in [-0.4, -0.2) is 16.8 Å². The minimum Gasteiger partial charge on any atom is -0.507 e. The SMILES string of the molecule is Cc1ccc(N2C(=O)C(=O)/C(=C(/O)c3cc(C(C)(C)C)ccc3C)C2c2ccc(F)cc2)cc1. The van der Waals surface area contributed by atoms with Crippen LogP contribution in [-0.2, 0) is 15.0 Å². The van der Waals surface area contributed by atoms with Gasteiger partial charge in [-0.15, -0.1) is 0 Å². The van der Waals surface area contributed by atoms with Crippen molar-refractivity contribution in [2.45, 2.75) is 46.1 Å². The van der Waals surface area contributed by atoms with E-state index >= 15 is 0 Å². The maximum absolute atomic E-state index is 13.7. The minimum atomic E-state index is -0.888. The molecule has 0 saturated carbocycles. The van der Waals surface area contributed by atoms with Crippen molar-refractivity contribution in [2.75, 3.05) is 4.90 Å². The van der Waals surface area contributed by atoms with Crippen molar-refractivity contribution in [3.8, 4) is 0 Å². The van der Waals surface area contributed by atoms with Crippen molar-refractivity contribution in [3.05, 3.63) is 106 Å². The molecule has 34 heavy (non-hydrogen) atoms. The summed E-state index contributed by atoms with van der Waals surface area (Å²) in [5.41, 5.74) is 4.16. The number of aliphatic hydroxyl groups excluding tert-OH is 1. The number of carbonyl (C=O) groups is 2. The molecule has 0 aromatic heterocycles. The lowest BCUT2D eigenvalue weighted by atomic mass is 9.84. The third-order valence-corrected chi connectivity index (χ3v) is 6.30. The maximum atomic E-state index is 13.7. The Bertz CT molecular complexity index is 1300. The van der Waals surface area contributed by atoms with Gasteiger partial charge in [0.1, 0.15) is 11.6 Å². The molecule has 1 amide bonds. The van der Waals surface area contributed by atoms with Crippen molar-refractivity contribution in [2.24, 2.45) is 0 Å². The molecule has 0 aliphatic carbocycles. The van der Waals surface area contributed by atoms with Gasteiger partial charge in [0.2, 0.25) is 0 Å². The van der Waals surface area contributed by atoms with Gasteiger partial charge in [-0.1, -0.05) is 62.7 Å². The van der Waals surface area contributed by atoms with Crippen LogP contribution >= 0.6 is 0 Å². The van der Waals surface area contributed by atoms with Crippen LogP contribution in [0.25, 0.3) is 5.76 Å². The predicted molar refractivity (Wildman–Crippen MR) is 132 cm³/mol. The molecule has 1 unspecified atom stereocenters. The molecule has 0 bridgehead atoms. The van der Waals surface area contributed by atoms with E-state index in [1.165, 1.54) is 17.0 Å². The van der Waals surface area contributed by atoms with Gasteiger partial charge in [-0.2, -0.15) is 0 Å². The van der Waals surface area contributed by atoms with E-state index in [2.05, 4.69) is 20.8 Å². The molecule has 1 N–H and O–H groups in total. The first kappa shape index (κ1) is 23.4. The molecule has 1 heterocycles. The smallest absolute Gasteiger partial charge is 0.300 e. The Balaban J connectivity index is 1.97. The fourth-order valence-electron chi connectivity index (χ4n) is 4.25. The average molecular weight is 458 g/mol. The van der Waals surface area contributed by atoms with E-state index in [1.807, 2.05) is 44.2 Å². The van der Waals surface area contributed by atoms with Crippen LogP contribution in [0.4, 0.5) is 10.1 Å². The van der Waals surface area contributed by atoms with Gasteiger partial charge in [-0.3, -0.25) is 14.5 Å². The molecule has 1 atom stereocenters. The van der Waals surface area contributed by atoms with Crippen molar-refractivity contribution in [3.63, 3.8) is 0 Å². The van der Waals surface area contributed by atoms with E-state index in [0.717, 1.165) is 16.7 Å². The van der Waals surface area contributed by atoms with Gasteiger partial charge in [-0.05, 0) is 66.3 Å². The Labute approximate surface area is 199 Å². The zero-order valence-corrected chi connectivity index (χ0v) is 20.0. The van der Waals surface area contributed by atoms with Crippen LogP contribution in [0.3, 0.4) is 0 Å². The summed E-state index contributed by atoms with van der Waals surface area (Å²) in [6.45, 7) is 9.98. The summed E-state index contributed by atoms with van der Waals surface area (Å²) in [4.78, 5) is 28.0. The van der Waals surface area contributed by atoms with Crippen molar-refractivity contribution < 1.29 is 19.1 Å². The van der Waals surface area contributed by atoms with E-state index in [0.29, 0.717) is 16.8 Å². The number of halogens is 1. The third-order valence-electron chi connectivity index (χ3n) is 6.30. The highest BCUT2D eigenvalue weighted by Crippen LogP contribution is 2.43. The van der Waals surface area contributed by atoms with Crippen molar-refractivity contribution >= 4 is 23.1 Å².